The molecule has 0 bridgehead atoms. The van der Waals surface area contributed by atoms with Crippen molar-refractivity contribution >= 4 is 26.8 Å². The van der Waals surface area contributed by atoms with Crippen LogP contribution in [-0.2, 0) is 10.0 Å². The molecular formula is C17H12N4O5S. The van der Waals surface area contributed by atoms with Gasteiger partial charge in [0.05, 0.1) is 28.5 Å². The van der Waals surface area contributed by atoms with Crippen molar-refractivity contribution in [2.45, 2.75) is 4.90 Å². The fraction of sp³-hybridized carbons (Fsp3) is 0. The van der Waals surface area contributed by atoms with Crippen LogP contribution in [0.3, 0.4) is 0 Å². The topological polar surface area (TPSA) is 127 Å². The predicted molar refractivity (Wildman–Crippen MR) is 96.2 cm³/mol. The first-order chi connectivity index (χ1) is 13.0. The number of H-pyrrole nitrogens is 1. The summed E-state index contributed by atoms with van der Waals surface area (Å²) in [7, 11) is -3.90. The Hall–Kier alpha value is -3.66. The number of hydrogen-bond donors (Lipinski definition) is 2. The Labute approximate surface area is 152 Å². The Balaban J connectivity index is 1.54. The van der Waals surface area contributed by atoms with E-state index in [1.54, 1.807) is 12.1 Å². The third-order valence-corrected chi connectivity index (χ3v) is 4.91. The van der Waals surface area contributed by atoms with Gasteiger partial charge in [-0.05, 0) is 30.3 Å². The molecule has 2 N–H and O–H groups in total. The maximum Gasteiger partial charge on any atom is 0.417 e. The molecule has 0 saturated carbocycles. The SMILES string of the molecule is O=c1[nH]c2cc(S(=O)(=O)Nc3cnc(Oc4ccccc4)nc3)ccc2o1. The van der Waals surface area contributed by atoms with Gasteiger partial charge in [-0.15, -0.1) is 0 Å². The lowest BCUT2D eigenvalue weighted by molar-refractivity contribution is 0.442. The van der Waals surface area contributed by atoms with Crippen LogP contribution in [0.1, 0.15) is 0 Å². The van der Waals surface area contributed by atoms with E-state index < -0.39 is 15.8 Å². The molecule has 0 spiro atoms. The molecular weight excluding hydrogens is 372 g/mol. The lowest BCUT2D eigenvalue weighted by Gasteiger charge is -2.08. The molecule has 2 heterocycles. The summed E-state index contributed by atoms with van der Waals surface area (Å²) in [5.41, 5.74) is 0.714. The van der Waals surface area contributed by atoms with E-state index in [4.69, 9.17) is 9.15 Å². The Kier molecular flexibility index (Phi) is 4.09. The van der Waals surface area contributed by atoms with Gasteiger partial charge in [0.15, 0.2) is 5.58 Å². The molecule has 4 aromatic rings. The van der Waals surface area contributed by atoms with E-state index in [0.29, 0.717) is 5.75 Å². The minimum absolute atomic E-state index is 0.0448. The molecule has 2 aromatic carbocycles. The van der Waals surface area contributed by atoms with Gasteiger partial charge in [-0.2, -0.15) is 0 Å². The lowest BCUT2D eigenvalue weighted by atomic mass is 10.3. The zero-order chi connectivity index (χ0) is 18.9. The maximum atomic E-state index is 12.5. The second-order valence-corrected chi connectivity index (χ2v) is 7.13. The second-order valence-electron chi connectivity index (χ2n) is 5.45. The lowest BCUT2D eigenvalue weighted by Crippen LogP contribution is -2.13. The minimum Gasteiger partial charge on any atom is -0.424 e. The van der Waals surface area contributed by atoms with Crippen LogP contribution in [0.5, 0.6) is 11.8 Å². The van der Waals surface area contributed by atoms with Crippen LogP contribution in [0.15, 0.2) is 75.0 Å². The number of nitrogens with zero attached hydrogens (tertiary/aromatic N) is 2. The normalized spacial score (nSPS) is 11.4. The average molecular weight is 384 g/mol. The van der Waals surface area contributed by atoms with Crippen molar-refractivity contribution in [3.63, 3.8) is 0 Å². The predicted octanol–water partition coefficient (Wildman–Crippen LogP) is 2.50. The molecule has 0 aliphatic carbocycles. The molecule has 0 amide bonds. The second kappa shape index (κ2) is 6.57. The molecule has 9 nitrogen and oxygen atoms in total. The van der Waals surface area contributed by atoms with Gasteiger partial charge in [-0.25, -0.2) is 23.2 Å². The number of aromatic nitrogens is 3. The number of para-hydroxylation sites is 1. The maximum absolute atomic E-state index is 12.5. The first kappa shape index (κ1) is 16.8. The number of sulfonamides is 1. The van der Waals surface area contributed by atoms with Gasteiger partial charge >= 0.3 is 11.8 Å². The molecule has 0 atom stereocenters. The van der Waals surface area contributed by atoms with E-state index in [9.17, 15) is 13.2 Å². The first-order valence-electron chi connectivity index (χ1n) is 7.70. The van der Waals surface area contributed by atoms with E-state index in [2.05, 4.69) is 19.7 Å². The third-order valence-electron chi connectivity index (χ3n) is 3.53. The van der Waals surface area contributed by atoms with Gasteiger partial charge < -0.3 is 9.15 Å². The van der Waals surface area contributed by atoms with Gasteiger partial charge in [0.25, 0.3) is 10.0 Å². The highest BCUT2D eigenvalue weighted by Crippen LogP contribution is 2.21. The van der Waals surface area contributed by atoms with Gasteiger partial charge in [-0.3, -0.25) is 9.71 Å². The number of nitrogens with one attached hydrogen (secondary N) is 2. The summed E-state index contributed by atoms with van der Waals surface area (Å²) in [6.45, 7) is 0. The molecule has 0 radical (unpaired) electrons. The molecule has 0 aliphatic rings. The zero-order valence-electron chi connectivity index (χ0n) is 13.6. The number of aromatic amines is 1. The van der Waals surface area contributed by atoms with E-state index in [-0.39, 0.29) is 27.7 Å². The quantitative estimate of drug-likeness (QED) is 0.541. The first-order valence-corrected chi connectivity index (χ1v) is 9.19. The molecule has 4 rings (SSSR count). The van der Waals surface area contributed by atoms with Crippen molar-refractivity contribution in [2.75, 3.05) is 4.72 Å². The summed E-state index contributed by atoms with van der Waals surface area (Å²) in [5.74, 6) is -0.0943. The largest absolute Gasteiger partial charge is 0.424 e. The molecule has 10 heteroatoms. The summed E-state index contributed by atoms with van der Waals surface area (Å²) in [5, 5.41) is 0. The van der Waals surface area contributed by atoms with Crippen LogP contribution in [0.25, 0.3) is 11.1 Å². The Morgan fingerprint density at radius 1 is 1.04 bits per heavy atom. The number of hydrogen-bond acceptors (Lipinski definition) is 7. The van der Waals surface area contributed by atoms with Crippen molar-refractivity contribution in [2.24, 2.45) is 0 Å². The van der Waals surface area contributed by atoms with Gasteiger partial charge in [-0.1, -0.05) is 18.2 Å². The van der Waals surface area contributed by atoms with E-state index in [0.717, 1.165) is 0 Å². The van der Waals surface area contributed by atoms with Crippen molar-refractivity contribution in [3.8, 4) is 11.8 Å². The van der Waals surface area contributed by atoms with Crippen molar-refractivity contribution in [3.05, 3.63) is 71.5 Å². The van der Waals surface area contributed by atoms with Crippen LogP contribution in [0.2, 0.25) is 0 Å². The molecule has 0 fully saturated rings. The van der Waals surface area contributed by atoms with Crippen LogP contribution < -0.4 is 15.2 Å². The number of oxazole rings is 1. The smallest absolute Gasteiger partial charge is 0.417 e. The van der Waals surface area contributed by atoms with Crippen LogP contribution in [-0.4, -0.2) is 23.4 Å². The molecule has 2 aromatic heterocycles. The van der Waals surface area contributed by atoms with Crippen LogP contribution in [0.4, 0.5) is 5.69 Å². The molecule has 27 heavy (non-hydrogen) atoms. The summed E-state index contributed by atoms with van der Waals surface area (Å²) >= 11 is 0. The Morgan fingerprint density at radius 3 is 2.52 bits per heavy atom. The summed E-state index contributed by atoms with van der Waals surface area (Å²) in [4.78, 5) is 21.5. The van der Waals surface area contributed by atoms with Gasteiger partial charge in [0.1, 0.15) is 5.75 Å². The summed E-state index contributed by atoms with van der Waals surface area (Å²) in [6, 6.07) is 13.1. The standard InChI is InChI=1S/C17H12N4O5S/c22-17-20-14-8-13(6-7-15(14)26-17)27(23,24)21-11-9-18-16(19-10-11)25-12-4-2-1-3-5-12/h1-10,21H,(H,20,22). The third kappa shape index (κ3) is 3.65. The molecule has 0 saturated heterocycles. The number of ether oxygens (including phenoxy) is 1. The number of anilines is 1. The number of rotatable bonds is 5. The van der Waals surface area contributed by atoms with Crippen molar-refractivity contribution in [1.82, 2.24) is 15.0 Å². The monoisotopic (exact) mass is 384 g/mol. The Bertz CT molecular complexity index is 1250. The fourth-order valence-electron chi connectivity index (χ4n) is 2.33. The number of fused-ring (bicyclic) bond motifs is 1. The minimum atomic E-state index is -3.90. The highest BCUT2D eigenvalue weighted by atomic mass is 32.2. The Morgan fingerprint density at radius 2 is 1.78 bits per heavy atom. The molecule has 136 valence electrons. The molecule has 0 unspecified atom stereocenters. The van der Waals surface area contributed by atoms with Crippen LogP contribution in [0, 0.1) is 0 Å². The number of benzene rings is 2. The highest BCUT2D eigenvalue weighted by molar-refractivity contribution is 7.92. The average Bonchev–Trinajstić information content (AvgIpc) is 3.03. The van der Waals surface area contributed by atoms with Gasteiger partial charge in [0.2, 0.25) is 0 Å². The van der Waals surface area contributed by atoms with E-state index >= 15 is 0 Å². The van der Waals surface area contributed by atoms with E-state index in [1.165, 1.54) is 30.6 Å². The van der Waals surface area contributed by atoms with E-state index in [1.807, 2.05) is 18.2 Å². The van der Waals surface area contributed by atoms with Crippen molar-refractivity contribution in [1.29, 1.82) is 0 Å². The summed E-state index contributed by atoms with van der Waals surface area (Å²) in [6.07, 6.45) is 2.59. The van der Waals surface area contributed by atoms with Crippen LogP contribution >= 0.6 is 0 Å². The molecule has 0 aliphatic heterocycles. The van der Waals surface area contributed by atoms with Gasteiger partial charge in [0, 0.05) is 0 Å². The van der Waals surface area contributed by atoms with Crippen molar-refractivity contribution < 1.29 is 17.6 Å². The summed E-state index contributed by atoms with van der Waals surface area (Å²) < 4.78 is 37.7. The zero-order valence-corrected chi connectivity index (χ0v) is 14.4. The highest BCUT2D eigenvalue weighted by Gasteiger charge is 2.16. The fourth-order valence-corrected chi connectivity index (χ4v) is 3.38.